The van der Waals surface area contributed by atoms with Crippen molar-refractivity contribution in [2.75, 3.05) is 6.61 Å². The number of aryl methyl sites for hydroxylation is 2. The lowest BCUT2D eigenvalue weighted by molar-refractivity contribution is -0.123. The van der Waals surface area contributed by atoms with E-state index in [1.54, 1.807) is 12.1 Å². The summed E-state index contributed by atoms with van der Waals surface area (Å²) in [4.78, 5) is 23.9. The number of hydrogen-bond acceptors (Lipinski definition) is 3. The van der Waals surface area contributed by atoms with Crippen molar-refractivity contribution in [3.8, 4) is 5.75 Å². The van der Waals surface area contributed by atoms with Crippen LogP contribution in [0.15, 0.2) is 36.4 Å². The molecule has 0 spiro atoms. The molecule has 7 heteroatoms. The molecule has 126 valence electrons. The minimum atomic E-state index is -0.457. The van der Waals surface area contributed by atoms with Gasteiger partial charge in [0.15, 0.2) is 6.61 Å². The lowest BCUT2D eigenvalue weighted by Crippen LogP contribution is -2.44. The second-order valence-electron chi connectivity index (χ2n) is 5.18. The molecule has 2 rings (SSSR count). The van der Waals surface area contributed by atoms with E-state index in [0.29, 0.717) is 16.3 Å². The molecule has 0 aliphatic heterocycles. The van der Waals surface area contributed by atoms with Gasteiger partial charge in [0, 0.05) is 8.59 Å². The molecule has 5 nitrogen and oxygen atoms in total. The second kappa shape index (κ2) is 8.34. The fourth-order valence-corrected chi connectivity index (χ4v) is 2.66. The zero-order valence-corrected chi connectivity index (χ0v) is 16.1. The molecule has 24 heavy (non-hydrogen) atoms. The highest BCUT2D eigenvalue weighted by atomic mass is 127. The Morgan fingerprint density at radius 2 is 1.88 bits per heavy atom. The smallest absolute Gasteiger partial charge is 0.276 e. The molecule has 0 radical (unpaired) electrons. The standard InChI is InChI=1S/C17H16ClIN2O3/c1-10-3-4-11(2)15(7-10)24-9-16(22)20-21-17(23)13-8-12(18)5-6-14(13)19/h3-8H,9H2,1-2H3,(H,20,22)(H,21,23). The monoisotopic (exact) mass is 458 g/mol. The van der Waals surface area contributed by atoms with Crippen LogP contribution in [0.2, 0.25) is 5.02 Å². The average Bonchev–Trinajstić information content (AvgIpc) is 2.55. The summed E-state index contributed by atoms with van der Waals surface area (Å²) in [6.07, 6.45) is 0. The topological polar surface area (TPSA) is 67.4 Å². The zero-order chi connectivity index (χ0) is 17.7. The summed E-state index contributed by atoms with van der Waals surface area (Å²) in [5, 5.41) is 0.449. The van der Waals surface area contributed by atoms with Crippen LogP contribution in [0.1, 0.15) is 21.5 Å². The average molecular weight is 459 g/mol. The number of benzene rings is 2. The molecular weight excluding hydrogens is 443 g/mol. The molecule has 0 aliphatic rings. The number of nitrogens with one attached hydrogen (secondary N) is 2. The van der Waals surface area contributed by atoms with Crippen molar-refractivity contribution in [3.05, 3.63) is 61.7 Å². The third-order valence-corrected chi connectivity index (χ3v) is 4.37. The molecule has 0 saturated carbocycles. The molecule has 0 aromatic heterocycles. The van der Waals surface area contributed by atoms with E-state index >= 15 is 0 Å². The van der Waals surface area contributed by atoms with Gasteiger partial charge >= 0.3 is 0 Å². The molecule has 0 saturated heterocycles. The first kappa shape index (κ1) is 18.5. The van der Waals surface area contributed by atoms with E-state index in [-0.39, 0.29) is 6.61 Å². The number of amides is 2. The molecule has 0 atom stereocenters. The van der Waals surface area contributed by atoms with Gasteiger partial charge in [-0.2, -0.15) is 0 Å². The quantitative estimate of drug-likeness (QED) is 0.545. The van der Waals surface area contributed by atoms with Crippen LogP contribution in [0, 0.1) is 17.4 Å². The van der Waals surface area contributed by atoms with Gasteiger partial charge in [0.25, 0.3) is 11.8 Å². The summed E-state index contributed by atoms with van der Waals surface area (Å²) < 4.78 is 6.21. The van der Waals surface area contributed by atoms with E-state index in [0.717, 1.165) is 14.7 Å². The van der Waals surface area contributed by atoms with Crippen molar-refractivity contribution in [1.29, 1.82) is 0 Å². The van der Waals surface area contributed by atoms with E-state index in [1.807, 2.05) is 54.6 Å². The summed E-state index contributed by atoms with van der Waals surface area (Å²) >= 11 is 7.90. The summed E-state index contributed by atoms with van der Waals surface area (Å²) in [6, 6.07) is 10.7. The third-order valence-electron chi connectivity index (χ3n) is 3.19. The molecule has 0 fully saturated rings. The molecule has 0 aliphatic carbocycles. The van der Waals surface area contributed by atoms with Gasteiger partial charge in [-0.1, -0.05) is 23.7 Å². The predicted molar refractivity (Wildman–Crippen MR) is 101 cm³/mol. The normalized spacial score (nSPS) is 10.2. The van der Waals surface area contributed by atoms with Crippen LogP contribution in [-0.2, 0) is 4.79 Å². The highest BCUT2D eigenvalue weighted by Gasteiger charge is 2.12. The van der Waals surface area contributed by atoms with Crippen molar-refractivity contribution in [2.45, 2.75) is 13.8 Å². The minimum absolute atomic E-state index is 0.197. The first-order chi connectivity index (χ1) is 11.4. The van der Waals surface area contributed by atoms with Crippen molar-refractivity contribution in [3.63, 3.8) is 0 Å². The number of carbonyl (C=O) groups excluding carboxylic acids is 2. The van der Waals surface area contributed by atoms with Gasteiger partial charge in [-0.15, -0.1) is 0 Å². The molecule has 2 aromatic rings. The molecule has 2 aromatic carbocycles. The van der Waals surface area contributed by atoms with E-state index in [1.165, 1.54) is 6.07 Å². The van der Waals surface area contributed by atoms with E-state index in [2.05, 4.69) is 10.9 Å². The van der Waals surface area contributed by atoms with Gasteiger partial charge in [-0.3, -0.25) is 20.4 Å². The highest BCUT2D eigenvalue weighted by Crippen LogP contribution is 2.19. The van der Waals surface area contributed by atoms with E-state index < -0.39 is 11.8 Å². The molecule has 2 N–H and O–H groups in total. The van der Waals surface area contributed by atoms with Crippen LogP contribution in [0.5, 0.6) is 5.75 Å². The van der Waals surface area contributed by atoms with Crippen molar-refractivity contribution in [1.82, 2.24) is 10.9 Å². The van der Waals surface area contributed by atoms with Crippen LogP contribution in [0.4, 0.5) is 0 Å². The Bertz CT molecular complexity index is 780. The third kappa shape index (κ3) is 5.10. The van der Waals surface area contributed by atoms with Gasteiger partial charge in [-0.05, 0) is 71.8 Å². The number of carbonyl (C=O) groups is 2. The Morgan fingerprint density at radius 1 is 1.12 bits per heavy atom. The Labute approximate surface area is 158 Å². The molecule has 2 amide bonds. The van der Waals surface area contributed by atoms with Crippen LogP contribution < -0.4 is 15.6 Å². The summed E-state index contributed by atoms with van der Waals surface area (Å²) in [6.45, 7) is 3.64. The molecular formula is C17H16ClIN2O3. The number of halogens is 2. The van der Waals surface area contributed by atoms with Gasteiger partial charge in [0.2, 0.25) is 0 Å². The van der Waals surface area contributed by atoms with Crippen LogP contribution in [0.3, 0.4) is 0 Å². The highest BCUT2D eigenvalue weighted by molar-refractivity contribution is 14.1. The Kier molecular flexibility index (Phi) is 6.44. The Morgan fingerprint density at radius 3 is 2.62 bits per heavy atom. The van der Waals surface area contributed by atoms with E-state index in [4.69, 9.17) is 16.3 Å². The first-order valence-electron chi connectivity index (χ1n) is 7.11. The first-order valence-corrected chi connectivity index (χ1v) is 8.57. The fraction of sp³-hybridized carbons (Fsp3) is 0.176. The zero-order valence-electron chi connectivity index (χ0n) is 13.2. The largest absolute Gasteiger partial charge is 0.483 e. The SMILES string of the molecule is Cc1ccc(C)c(OCC(=O)NNC(=O)c2cc(Cl)ccc2I)c1. The predicted octanol–water partition coefficient (Wildman–Crippen LogP) is 3.40. The van der Waals surface area contributed by atoms with Crippen molar-refractivity contribution >= 4 is 46.0 Å². The molecule has 0 bridgehead atoms. The van der Waals surface area contributed by atoms with Gasteiger partial charge in [0.1, 0.15) is 5.75 Å². The number of hydrogen-bond donors (Lipinski definition) is 2. The summed E-state index contributed by atoms with van der Waals surface area (Å²) in [5.41, 5.74) is 7.03. The van der Waals surface area contributed by atoms with Gasteiger partial charge in [-0.25, -0.2) is 0 Å². The number of ether oxygens (including phenoxy) is 1. The summed E-state index contributed by atoms with van der Waals surface area (Å²) in [7, 11) is 0. The van der Waals surface area contributed by atoms with Gasteiger partial charge < -0.3 is 4.74 Å². The Hall–Kier alpha value is -1.80. The maximum Gasteiger partial charge on any atom is 0.276 e. The lowest BCUT2D eigenvalue weighted by Gasteiger charge is -2.11. The number of hydrazine groups is 1. The van der Waals surface area contributed by atoms with Crippen LogP contribution in [0.25, 0.3) is 0 Å². The minimum Gasteiger partial charge on any atom is -0.483 e. The fourth-order valence-electron chi connectivity index (χ4n) is 1.91. The second-order valence-corrected chi connectivity index (χ2v) is 6.78. The van der Waals surface area contributed by atoms with Crippen molar-refractivity contribution in [2.24, 2.45) is 0 Å². The van der Waals surface area contributed by atoms with Crippen molar-refractivity contribution < 1.29 is 14.3 Å². The van der Waals surface area contributed by atoms with Crippen LogP contribution in [-0.4, -0.2) is 18.4 Å². The van der Waals surface area contributed by atoms with Gasteiger partial charge in [0.05, 0.1) is 5.56 Å². The molecule has 0 unspecified atom stereocenters. The summed E-state index contributed by atoms with van der Waals surface area (Å²) in [5.74, 6) is -0.260. The lowest BCUT2D eigenvalue weighted by atomic mass is 10.1. The maximum absolute atomic E-state index is 12.1. The maximum atomic E-state index is 12.1. The number of rotatable bonds is 4. The Balaban J connectivity index is 1.88. The van der Waals surface area contributed by atoms with E-state index in [9.17, 15) is 9.59 Å². The van der Waals surface area contributed by atoms with Crippen LogP contribution >= 0.6 is 34.2 Å². The molecule has 0 heterocycles.